The number of nitrogens with zero attached hydrogens (tertiary/aromatic N) is 3. The zero-order valence-electron chi connectivity index (χ0n) is 28.7. The number of amides is 2. The lowest BCUT2D eigenvalue weighted by Crippen LogP contribution is -2.35. The van der Waals surface area contributed by atoms with Crippen LogP contribution >= 0.6 is 0 Å². The number of benzene rings is 4. The van der Waals surface area contributed by atoms with Gasteiger partial charge in [-0.2, -0.15) is 13.2 Å². The predicted molar refractivity (Wildman–Crippen MR) is 189 cm³/mol. The van der Waals surface area contributed by atoms with Crippen molar-refractivity contribution in [1.29, 1.82) is 0 Å². The number of aliphatic imine (C=N–C) groups is 1. The average Bonchev–Trinajstić information content (AvgIpc) is 3.92. The first kappa shape index (κ1) is 37.4. The maximum Gasteiger partial charge on any atom is 0.416 e. The Morgan fingerprint density at radius 1 is 0.962 bits per heavy atom. The highest BCUT2D eigenvalue weighted by molar-refractivity contribution is 6.00. The van der Waals surface area contributed by atoms with E-state index in [-0.39, 0.29) is 41.0 Å². The molecule has 52 heavy (non-hydrogen) atoms. The van der Waals surface area contributed by atoms with Gasteiger partial charge < -0.3 is 20.1 Å². The number of hydrogen-bond acceptors (Lipinski definition) is 6. The lowest BCUT2D eigenvalue weighted by Gasteiger charge is -2.21. The Kier molecular flexibility index (Phi) is 11.5. The number of anilines is 1. The van der Waals surface area contributed by atoms with Gasteiger partial charge in [-0.25, -0.2) is 0 Å². The minimum absolute atomic E-state index is 0.00551. The number of rotatable bonds is 13. The van der Waals surface area contributed by atoms with Crippen LogP contribution in [-0.4, -0.2) is 53.3 Å². The number of carbonyl (C=O) groups is 3. The first-order chi connectivity index (χ1) is 24.7. The van der Waals surface area contributed by atoms with Crippen LogP contribution < -0.4 is 10.1 Å². The monoisotopic (exact) mass is 714 g/mol. The number of carbonyl (C=O) groups excluding carboxylic acids is 2. The number of carboxylic acid groups (broad SMARTS) is 1. The van der Waals surface area contributed by atoms with E-state index in [9.17, 15) is 37.6 Å². The molecular formula is C39H37F3N4O6. The van der Waals surface area contributed by atoms with Crippen molar-refractivity contribution in [3.63, 3.8) is 0 Å². The molecule has 0 saturated heterocycles. The zero-order chi connectivity index (χ0) is 37.6. The average molecular weight is 715 g/mol. The molecule has 1 fully saturated rings. The van der Waals surface area contributed by atoms with Crippen molar-refractivity contribution in [2.24, 2.45) is 16.1 Å². The first-order valence-corrected chi connectivity index (χ1v) is 16.5. The molecule has 270 valence electrons. The van der Waals surface area contributed by atoms with E-state index < -0.39 is 42.5 Å². The van der Waals surface area contributed by atoms with Crippen molar-refractivity contribution in [1.82, 2.24) is 4.90 Å². The number of aliphatic carboxylic acids is 1. The molecule has 10 nitrogen and oxygen atoms in total. The number of methoxy groups -OCH3 is 1. The van der Waals surface area contributed by atoms with Crippen LogP contribution in [0.1, 0.15) is 63.0 Å². The summed E-state index contributed by atoms with van der Waals surface area (Å²) in [6.07, 6.45) is -4.28. The fourth-order valence-corrected chi connectivity index (χ4v) is 6.08. The van der Waals surface area contributed by atoms with Gasteiger partial charge in [0, 0.05) is 23.4 Å². The molecule has 3 unspecified atom stereocenters. The predicted octanol–water partition coefficient (Wildman–Crippen LogP) is 7.64. The van der Waals surface area contributed by atoms with Crippen molar-refractivity contribution < 1.29 is 37.4 Å². The molecule has 0 aliphatic heterocycles. The fraction of sp³-hybridized carbons (Fsp3) is 0.282. The van der Waals surface area contributed by atoms with Crippen LogP contribution in [0, 0.1) is 17.7 Å². The molecule has 1 aliphatic carbocycles. The molecule has 13 heteroatoms. The number of ether oxygens (including phenoxy) is 1. The van der Waals surface area contributed by atoms with Crippen LogP contribution in [-0.2, 0) is 28.7 Å². The Morgan fingerprint density at radius 2 is 1.62 bits per heavy atom. The molecule has 1 aliphatic rings. The summed E-state index contributed by atoms with van der Waals surface area (Å²) < 4.78 is 45.6. The molecule has 2 amide bonds. The molecule has 3 atom stereocenters. The molecular weight excluding hydrogens is 677 g/mol. The highest BCUT2D eigenvalue weighted by Crippen LogP contribution is 2.50. The number of halogens is 3. The number of carboxylic acids is 1. The zero-order valence-corrected chi connectivity index (χ0v) is 28.7. The molecule has 4 aromatic carbocycles. The topological polar surface area (TPSA) is 138 Å². The number of amidine groups is 1. The molecule has 4 aromatic rings. The lowest BCUT2D eigenvalue weighted by molar-refractivity contribution is -0.139. The van der Waals surface area contributed by atoms with Gasteiger partial charge in [0.2, 0.25) is 5.91 Å². The molecule has 2 N–H and O–H groups in total. The highest BCUT2D eigenvalue weighted by atomic mass is 19.4. The lowest BCUT2D eigenvalue weighted by atomic mass is 10.0. The second-order valence-corrected chi connectivity index (χ2v) is 12.8. The van der Waals surface area contributed by atoms with Gasteiger partial charge >= 0.3 is 12.1 Å². The number of nitroso groups, excluding NO2 is 1. The summed E-state index contributed by atoms with van der Waals surface area (Å²) in [5.41, 5.74) is 2.66. The summed E-state index contributed by atoms with van der Waals surface area (Å²) in [6.45, 7) is 3.33. The van der Waals surface area contributed by atoms with Crippen molar-refractivity contribution in [3.8, 4) is 5.75 Å². The molecule has 0 radical (unpaired) electrons. The van der Waals surface area contributed by atoms with Crippen LogP contribution in [0.15, 0.2) is 101 Å². The molecule has 0 heterocycles. The minimum Gasteiger partial charge on any atom is -0.497 e. The van der Waals surface area contributed by atoms with Crippen molar-refractivity contribution in [2.75, 3.05) is 19.0 Å². The molecule has 0 spiro atoms. The number of aryl methyl sites for hydroxylation is 1. The van der Waals surface area contributed by atoms with Crippen LogP contribution in [0.3, 0.4) is 0 Å². The van der Waals surface area contributed by atoms with Gasteiger partial charge in [-0.1, -0.05) is 60.2 Å². The van der Waals surface area contributed by atoms with Crippen LogP contribution in [0.5, 0.6) is 5.75 Å². The third-order valence-electron chi connectivity index (χ3n) is 8.97. The van der Waals surface area contributed by atoms with Gasteiger partial charge in [-0.05, 0) is 90.4 Å². The smallest absolute Gasteiger partial charge is 0.416 e. The molecule has 0 bridgehead atoms. The van der Waals surface area contributed by atoms with Gasteiger partial charge in [0.05, 0.1) is 25.1 Å². The van der Waals surface area contributed by atoms with Gasteiger partial charge in [0.25, 0.3) is 5.91 Å². The minimum atomic E-state index is -4.69. The Morgan fingerprint density at radius 3 is 2.21 bits per heavy atom. The van der Waals surface area contributed by atoms with E-state index in [1.807, 2.05) is 13.8 Å². The van der Waals surface area contributed by atoms with Gasteiger partial charge in [-0.3, -0.25) is 19.4 Å². The third kappa shape index (κ3) is 9.47. The van der Waals surface area contributed by atoms with Crippen molar-refractivity contribution >= 4 is 29.3 Å². The quantitative estimate of drug-likeness (QED) is 0.0830. The van der Waals surface area contributed by atoms with Crippen LogP contribution in [0.4, 0.5) is 18.9 Å². The van der Waals surface area contributed by atoms with Gasteiger partial charge in [0.15, 0.2) is 5.84 Å². The van der Waals surface area contributed by atoms with E-state index in [0.717, 1.165) is 17.4 Å². The summed E-state index contributed by atoms with van der Waals surface area (Å²) in [5.74, 6) is -1.81. The van der Waals surface area contributed by atoms with Crippen molar-refractivity contribution in [3.05, 3.63) is 135 Å². The maximum atomic E-state index is 13.6. The van der Waals surface area contributed by atoms with Crippen LogP contribution in [0.2, 0.25) is 0 Å². The number of nitrogens with one attached hydrogen (secondary N) is 1. The third-order valence-corrected chi connectivity index (χ3v) is 8.97. The number of hydrogen-bond donors (Lipinski definition) is 2. The second-order valence-electron chi connectivity index (χ2n) is 12.8. The Balaban J connectivity index is 1.21. The second kappa shape index (κ2) is 16.0. The normalized spacial score (nSPS) is 16.1. The summed E-state index contributed by atoms with van der Waals surface area (Å²) in [6, 6.07) is 23.8. The Bertz CT molecular complexity index is 1960. The maximum absolute atomic E-state index is 13.6. The van der Waals surface area contributed by atoms with E-state index in [4.69, 9.17) is 4.74 Å². The van der Waals surface area contributed by atoms with Crippen LogP contribution in [0.25, 0.3) is 0 Å². The first-order valence-electron chi connectivity index (χ1n) is 16.5. The van der Waals surface area contributed by atoms with Gasteiger partial charge in [-0.15, -0.1) is 4.91 Å². The Labute approximate surface area is 298 Å². The van der Waals surface area contributed by atoms with E-state index in [1.54, 1.807) is 24.3 Å². The summed E-state index contributed by atoms with van der Waals surface area (Å²) >= 11 is 0. The summed E-state index contributed by atoms with van der Waals surface area (Å²) in [5, 5.41) is 15.2. The highest BCUT2D eigenvalue weighted by Gasteiger charge is 2.42. The Hall–Kier alpha value is -5.85. The van der Waals surface area contributed by atoms with E-state index in [2.05, 4.69) is 39.8 Å². The van der Waals surface area contributed by atoms with E-state index >= 15 is 0 Å². The van der Waals surface area contributed by atoms with Crippen molar-refractivity contribution in [2.45, 2.75) is 51.4 Å². The SMILES string of the molecule is COc1ccc(CC(=O)Nc2ccc(C(=O)N(CC(=O)O)Cc3ccc(C(N=O)=NC(C)C4CC4c4ccc(C)cc4)cc3)cc2)c(C(F)(F)F)c1. The standard InChI is InChI=1S/C39H37F3N4O6/c1-23-4-8-26(9-5-23)33-20-32(33)24(2)43-37(45-51)27-10-6-25(7-11-27)21-46(22-36(48)49)38(50)28-12-15-30(16-13-28)44-35(47)18-29-14-17-31(52-3)19-34(29)39(40,41)42/h4-17,19,24,32-33H,18,20-22H2,1-3H3,(H,44,47)(H,48,49). The van der Waals surface area contributed by atoms with Gasteiger partial charge in [0.1, 0.15) is 12.3 Å². The largest absolute Gasteiger partial charge is 0.497 e. The van der Waals surface area contributed by atoms with E-state index in [1.165, 1.54) is 54.6 Å². The molecule has 1 saturated carbocycles. The number of alkyl halides is 3. The summed E-state index contributed by atoms with van der Waals surface area (Å²) in [7, 11) is 1.24. The summed E-state index contributed by atoms with van der Waals surface area (Å²) in [4.78, 5) is 55.2. The van der Waals surface area contributed by atoms with E-state index in [0.29, 0.717) is 23.0 Å². The molecule has 5 rings (SSSR count). The molecule has 0 aromatic heterocycles. The fourth-order valence-electron chi connectivity index (χ4n) is 6.08.